The summed E-state index contributed by atoms with van der Waals surface area (Å²) in [5.74, 6) is -2.77. The summed E-state index contributed by atoms with van der Waals surface area (Å²) in [5, 5.41) is 5.08. The van der Waals surface area contributed by atoms with E-state index in [2.05, 4.69) is 15.6 Å². The van der Waals surface area contributed by atoms with Gasteiger partial charge in [-0.2, -0.15) is 30.6 Å². The summed E-state index contributed by atoms with van der Waals surface area (Å²) in [5.41, 5.74) is -0.0687. The number of benzene rings is 1. The number of nitrogens with zero attached hydrogens (tertiary/aromatic N) is 2. The van der Waals surface area contributed by atoms with Crippen molar-refractivity contribution in [3.63, 3.8) is 0 Å². The Labute approximate surface area is 200 Å². The van der Waals surface area contributed by atoms with Crippen LogP contribution in [0.1, 0.15) is 16.3 Å². The molecule has 9 nitrogen and oxygen atoms in total. The van der Waals surface area contributed by atoms with Crippen molar-refractivity contribution >= 4 is 50.6 Å². The number of carbonyl (C=O) groups excluding carboxylic acids is 2. The fourth-order valence-corrected chi connectivity index (χ4v) is 5.60. The first-order chi connectivity index (χ1) is 15.7. The average molecular weight is 544 g/mol. The summed E-state index contributed by atoms with van der Waals surface area (Å²) >= 11 is 6.94. The van der Waals surface area contributed by atoms with Crippen LogP contribution in [0.4, 0.5) is 23.2 Å². The second kappa shape index (κ2) is 10.1. The Morgan fingerprint density at radius 3 is 2.62 bits per heavy atom. The topological polar surface area (TPSA) is 120 Å². The Morgan fingerprint density at radius 2 is 2.03 bits per heavy atom. The smallest absolute Gasteiger partial charge is 0.350 e. The van der Waals surface area contributed by atoms with Crippen LogP contribution in [0.5, 0.6) is 0 Å². The van der Waals surface area contributed by atoms with E-state index in [4.69, 9.17) is 11.6 Å². The monoisotopic (exact) mass is 543 g/mol. The summed E-state index contributed by atoms with van der Waals surface area (Å²) in [6.07, 6.45) is -4.05. The summed E-state index contributed by atoms with van der Waals surface area (Å²) in [6, 6.07) is -0.375. The Bertz CT molecular complexity index is 1190. The number of halogens is 5. The Balaban J connectivity index is 1.82. The molecule has 0 saturated carbocycles. The molecule has 34 heavy (non-hydrogen) atoms. The number of nitrogens with one attached hydrogen (secondary N) is 3. The summed E-state index contributed by atoms with van der Waals surface area (Å²) in [7, 11) is -4.89. The van der Waals surface area contributed by atoms with Crippen molar-refractivity contribution in [1.29, 1.82) is 0 Å². The Morgan fingerprint density at radius 1 is 1.32 bits per heavy atom. The minimum Gasteiger partial charge on any atom is -0.350 e. The van der Waals surface area contributed by atoms with E-state index in [0.717, 1.165) is 23.2 Å². The normalized spacial score (nSPS) is 20.6. The van der Waals surface area contributed by atoms with Gasteiger partial charge in [-0.15, -0.1) is 11.3 Å². The van der Waals surface area contributed by atoms with E-state index >= 15 is 0 Å². The summed E-state index contributed by atoms with van der Waals surface area (Å²) in [4.78, 5) is 30.1. The second-order valence-electron chi connectivity index (χ2n) is 7.27. The van der Waals surface area contributed by atoms with Crippen molar-refractivity contribution in [3.8, 4) is 0 Å². The van der Waals surface area contributed by atoms with Crippen molar-refractivity contribution in [2.75, 3.05) is 11.9 Å². The van der Waals surface area contributed by atoms with Crippen LogP contribution in [0.3, 0.4) is 0 Å². The first kappa shape index (κ1) is 26.3. The van der Waals surface area contributed by atoms with E-state index in [1.54, 1.807) is 6.92 Å². The highest BCUT2D eigenvalue weighted by Gasteiger charge is 2.49. The molecule has 1 fully saturated rings. The molecule has 1 aromatic carbocycles. The standard InChI is InChI=1S/C18H18ClF4N5O4S2/c1-9-24-6-11(33-9)7-25-16(29)14-5-15(28(8-18(21,22)23)34(31,32)27-14)17(30)26-10-2-3-13(20)12(19)4-10/h2-4,6,14-15,27H,5,7-8H2,1H3,(H,25,29)(H,26,30). The lowest BCUT2D eigenvalue weighted by Gasteiger charge is -2.37. The van der Waals surface area contributed by atoms with Crippen LogP contribution >= 0.6 is 22.9 Å². The number of carbonyl (C=O) groups is 2. The third-order valence-electron chi connectivity index (χ3n) is 4.65. The maximum absolute atomic E-state index is 13.4. The molecule has 3 rings (SSSR count). The lowest BCUT2D eigenvalue weighted by molar-refractivity contribution is -0.144. The predicted octanol–water partition coefficient (Wildman–Crippen LogP) is 2.34. The fourth-order valence-electron chi connectivity index (χ4n) is 3.16. The average Bonchev–Trinajstić information content (AvgIpc) is 3.14. The maximum Gasteiger partial charge on any atom is 0.402 e. The lowest BCUT2D eigenvalue weighted by atomic mass is 10.1. The highest BCUT2D eigenvalue weighted by molar-refractivity contribution is 7.87. The molecule has 0 radical (unpaired) electrons. The van der Waals surface area contributed by atoms with E-state index in [1.165, 1.54) is 17.5 Å². The van der Waals surface area contributed by atoms with Gasteiger partial charge < -0.3 is 10.6 Å². The maximum atomic E-state index is 13.4. The van der Waals surface area contributed by atoms with E-state index in [0.29, 0.717) is 4.88 Å². The van der Waals surface area contributed by atoms with Crippen LogP contribution in [-0.2, 0) is 26.3 Å². The zero-order valence-corrected chi connectivity index (χ0v) is 19.7. The van der Waals surface area contributed by atoms with Crippen LogP contribution in [0.2, 0.25) is 5.02 Å². The molecule has 0 aliphatic carbocycles. The van der Waals surface area contributed by atoms with Gasteiger partial charge in [-0.25, -0.2) is 9.37 Å². The van der Waals surface area contributed by atoms with Gasteiger partial charge in [0, 0.05) is 16.8 Å². The lowest BCUT2D eigenvalue weighted by Crippen LogP contribution is -2.64. The van der Waals surface area contributed by atoms with Crippen molar-refractivity contribution in [2.45, 2.75) is 38.1 Å². The highest BCUT2D eigenvalue weighted by atomic mass is 35.5. The van der Waals surface area contributed by atoms with Crippen molar-refractivity contribution in [1.82, 2.24) is 19.3 Å². The zero-order chi connectivity index (χ0) is 25.3. The first-order valence-corrected chi connectivity index (χ1v) is 12.2. The molecule has 1 aromatic heterocycles. The number of thiazole rings is 1. The fraction of sp³-hybridized carbons (Fsp3) is 0.389. The van der Waals surface area contributed by atoms with E-state index in [9.17, 15) is 35.6 Å². The van der Waals surface area contributed by atoms with E-state index in [1.807, 2.05) is 4.72 Å². The number of aryl methyl sites for hydroxylation is 1. The van der Waals surface area contributed by atoms with Gasteiger partial charge in [-0.3, -0.25) is 9.59 Å². The SMILES string of the molecule is Cc1ncc(CNC(=O)C2CC(C(=O)Nc3ccc(F)c(Cl)c3)N(CC(F)(F)F)S(=O)(=O)N2)s1. The molecule has 2 heterocycles. The van der Waals surface area contributed by atoms with Crippen LogP contribution in [0, 0.1) is 12.7 Å². The molecule has 2 atom stereocenters. The molecule has 2 unspecified atom stereocenters. The molecule has 16 heteroatoms. The Kier molecular flexibility index (Phi) is 7.82. The van der Waals surface area contributed by atoms with Gasteiger partial charge in [-0.1, -0.05) is 11.6 Å². The molecular weight excluding hydrogens is 526 g/mol. The quantitative estimate of drug-likeness (QED) is 0.483. The van der Waals surface area contributed by atoms with Crippen LogP contribution in [0.25, 0.3) is 0 Å². The number of alkyl halides is 3. The molecular formula is C18H18ClF4N5O4S2. The number of hydrogen-bond donors (Lipinski definition) is 3. The van der Waals surface area contributed by atoms with Gasteiger partial charge in [0.25, 0.3) is 10.2 Å². The number of amides is 2. The van der Waals surface area contributed by atoms with Gasteiger partial charge in [0.1, 0.15) is 24.4 Å². The van der Waals surface area contributed by atoms with Gasteiger partial charge in [0.15, 0.2) is 0 Å². The summed E-state index contributed by atoms with van der Waals surface area (Å²) in [6.45, 7) is -0.198. The van der Waals surface area contributed by atoms with Gasteiger partial charge in [-0.05, 0) is 31.5 Å². The molecule has 1 aliphatic rings. The molecule has 3 N–H and O–H groups in total. The number of aromatic nitrogens is 1. The molecule has 1 aliphatic heterocycles. The number of rotatable bonds is 6. The predicted molar refractivity (Wildman–Crippen MR) is 116 cm³/mol. The molecule has 0 bridgehead atoms. The van der Waals surface area contributed by atoms with Crippen LogP contribution in [-0.4, -0.2) is 54.3 Å². The third kappa shape index (κ3) is 6.63. The van der Waals surface area contributed by atoms with Crippen LogP contribution < -0.4 is 15.4 Å². The molecule has 2 aromatic rings. The minimum absolute atomic E-state index is 0.0137. The van der Waals surface area contributed by atoms with E-state index in [-0.39, 0.29) is 21.6 Å². The largest absolute Gasteiger partial charge is 0.402 e. The minimum atomic E-state index is -4.97. The number of hydrogen-bond acceptors (Lipinski definition) is 6. The third-order valence-corrected chi connectivity index (χ3v) is 7.44. The van der Waals surface area contributed by atoms with Crippen molar-refractivity contribution < 1.29 is 35.6 Å². The molecule has 0 spiro atoms. The van der Waals surface area contributed by atoms with Crippen molar-refractivity contribution in [2.24, 2.45) is 0 Å². The molecule has 186 valence electrons. The van der Waals surface area contributed by atoms with E-state index < -0.39 is 59.1 Å². The van der Waals surface area contributed by atoms with Crippen molar-refractivity contribution in [3.05, 3.63) is 45.1 Å². The molecule has 1 saturated heterocycles. The summed E-state index contributed by atoms with van der Waals surface area (Å²) < 4.78 is 79.7. The second-order valence-corrected chi connectivity index (χ2v) is 10.7. The van der Waals surface area contributed by atoms with Crippen LogP contribution in [0.15, 0.2) is 24.4 Å². The zero-order valence-electron chi connectivity index (χ0n) is 17.3. The van der Waals surface area contributed by atoms with Gasteiger partial charge in [0.2, 0.25) is 11.8 Å². The van der Waals surface area contributed by atoms with Gasteiger partial charge >= 0.3 is 6.18 Å². The Hall–Kier alpha value is -2.33. The molecule has 2 amide bonds. The number of anilines is 1. The first-order valence-electron chi connectivity index (χ1n) is 9.56. The van der Waals surface area contributed by atoms with Gasteiger partial charge in [0.05, 0.1) is 16.6 Å². The highest BCUT2D eigenvalue weighted by Crippen LogP contribution is 2.27.